The molecule has 0 unspecified atom stereocenters. The third-order valence-corrected chi connectivity index (χ3v) is 1.48. The van der Waals surface area contributed by atoms with E-state index in [4.69, 9.17) is 5.41 Å². The summed E-state index contributed by atoms with van der Waals surface area (Å²) < 4.78 is 8.55. The molecule has 3 amide bonds. The summed E-state index contributed by atoms with van der Waals surface area (Å²) in [4.78, 5) is 43.4. The number of amides is 3. The van der Waals surface area contributed by atoms with Gasteiger partial charge in [-0.15, -0.1) is 0 Å². The minimum Gasteiger partial charge on any atom is -0.450 e. The Morgan fingerprint density at radius 1 is 1.26 bits per heavy atom. The van der Waals surface area contributed by atoms with Gasteiger partial charge >= 0.3 is 12.2 Å². The molecule has 0 aromatic heterocycles. The van der Waals surface area contributed by atoms with Crippen LogP contribution in [0.1, 0.15) is 13.3 Å². The van der Waals surface area contributed by atoms with E-state index in [0.29, 0.717) is 0 Å². The molecule has 0 saturated carbocycles. The minimum absolute atomic E-state index is 0.101. The van der Waals surface area contributed by atoms with Crippen LogP contribution < -0.4 is 11.1 Å². The molecule has 0 spiro atoms. The quantitative estimate of drug-likeness (QED) is 0.359. The summed E-state index contributed by atoms with van der Waals surface area (Å²) in [6, 6.07) is 0. The molecule has 0 aliphatic carbocycles. The normalized spacial score (nSPS) is 9.74. The lowest BCUT2D eigenvalue weighted by Crippen LogP contribution is -2.29. The lowest BCUT2D eigenvalue weighted by Gasteiger charge is -2.00. The molecule has 9 nitrogen and oxygen atoms in total. The fourth-order valence-electron chi connectivity index (χ4n) is 0.853. The van der Waals surface area contributed by atoms with Crippen molar-refractivity contribution in [1.29, 1.82) is 5.41 Å². The Morgan fingerprint density at radius 3 is 2.42 bits per heavy atom. The topological polar surface area (TPSA) is 149 Å². The molecule has 0 aromatic rings. The van der Waals surface area contributed by atoms with E-state index in [1.807, 2.05) is 5.32 Å². The standard InChI is InChI=1S/C10H13N3O6/c1-2-18-10(17)13-8(15)4-3-6(14)5-7(11)19-9(12)16/h3-4,11H,2,5H2,1H3,(H2,12,16)(H,13,15,17)/b4-3-,11-7?. The van der Waals surface area contributed by atoms with E-state index in [9.17, 15) is 19.2 Å². The maximum atomic E-state index is 11.2. The van der Waals surface area contributed by atoms with Crippen molar-refractivity contribution < 1.29 is 28.7 Å². The molecular weight excluding hydrogens is 258 g/mol. The minimum atomic E-state index is -1.21. The van der Waals surface area contributed by atoms with E-state index >= 15 is 0 Å². The van der Waals surface area contributed by atoms with Crippen molar-refractivity contribution in [3.63, 3.8) is 0 Å². The van der Waals surface area contributed by atoms with Crippen LogP contribution in [0, 0.1) is 5.41 Å². The summed E-state index contributed by atoms with van der Waals surface area (Å²) in [5.41, 5.74) is 4.63. The van der Waals surface area contributed by atoms with Crippen LogP contribution in [-0.4, -0.2) is 36.4 Å². The molecule has 0 fully saturated rings. The van der Waals surface area contributed by atoms with Crippen LogP contribution >= 0.6 is 0 Å². The van der Waals surface area contributed by atoms with E-state index in [0.717, 1.165) is 12.2 Å². The highest BCUT2D eigenvalue weighted by molar-refractivity contribution is 6.08. The Labute approximate surface area is 108 Å². The fraction of sp³-hybridized carbons (Fsp3) is 0.300. The van der Waals surface area contributed by atoms with Gasteiger partial charge in [0.05, 0.1) is 13.0 Å². The Balaban J connectivity index is 4.14. The maximum absolute atomic E-state index is 11.2. The smallest absolute Gasteiger partial charge is 0.414 e. The zero-order chi connectivity index (χ0) is 14.8. The average molecular weight is 271 g/mol. The summed E-state index contributed by atoms with van der Waals surface area (Å²) in [5.74, 6) is -2.17. The molecule has 0 rings (SSSR count). The molecule has 0 atom stereocenters. The van der Waals surface area contributed by atoms with Crippen molar-refractivity contribution in [3.8, 4) is 0 Å². The fourth-order valence-corrected chi connectivity index (χ4v) is 0.853. The Kier molecular flexibility index (Phi) is 7.19. The Hall–Kier alpha value is -2.71. The van der Waals surface area contributed by atoms with Crippen molar-refractivity contribution in [2.24, 2.45) is 5.73 Å². The summed E-state index contributed by atoms with van der Waals surface area (Å²) in [6.07, 6.45) is -1.06. The van der Waals surface area contributed by atoms with E-state index in [1.165, 1.54) is 0 Å². The molecule has 0 saturated heterocycles. The van der Waals surface area contributed by atoms with Gasteiger partial charge in [0.15, 0.2) is 5.78 Å². The van der Waals surface area contributed by atoms with Crippen LogP contribution in [0.25, 0.3) is 0 Å². The summed E-state index contributed by atoms with van der Waals surface area (Å²) in [6.45, 7) is 1.66. The second-order valence-corrected chi connectivity index (χ2v) is 3.03. The molecule has 0 aromatic carbocycles. The SMILES string of the molecule is CCOC(=O)NC(=O)/C=C\C(=O)CC(=N)OC(N)=O. The molecule has 0 heterocycles. The number of alkyl carbamates (subject to hydrolysis) is 1. The number of nitrogens with one attached hydrogen (secondary N) is 2. The number of primary amides is 1. The van der Waals surface area contributed by atoms with E-state index in [-0.39, 0.29) is 6.61 Å². The second kappa shape index (κ2) is 8.39. The number of ketones is 1. The van der Waals surface area contributed by atoms with Crippen LogP contribution in [0.2, 0.25) is 0 Å². The third-order valence-electron chi connectivity index (χ3n) is 1.48. The molecule has 0 aliphatic rings. The van der Waals surface area contributed by atoms with Gasteiger partial charge in [0.1, 0.15) is 0 Å². The van der Waals surface area contributed by atoms with Crippen molar-refractivity contribution in [1.82, 2.24) is 5.32 Å². The molecular formula is C10H13N3O6. The van der Waals surface area contributed by atoms with Gasteiger partial charge in [0.25, 0.3) is 5.91 Å². The first-order valence-corrected chi connectivity index (χ1v) is 5.08. The number of carbonyl (C=O) groups excluding carboxylic acids is 4. The van der Waals surface area contributed by atoms with Gasteiger partial charge < -0.3 is 15.2 Å². The highest BCUT2D eigenvalue weighted by Gasteiger charge is 2.09. The predicted octanol–water partition coefficient (Wildman–Crippen LogP) is -0.153. The summed E-state index contributed by atoms with van der Waals surface area (Å²) in [5, 5.41) is 8.87. The Bertz CT molecular complexity index is 429. The van der Waals surface area contributed by atoms with Gasteiger partial charge in [-0.05, 0) is 13.0 Å². The van der Waals surface area contributed by atoms with Gasteiger partial charge in [-0.3, -0.25) is 20.3 Å². The molecule has 0 radical (unpaired) electrons. The van der Waals surface area contributed by atoms with Crippen LogP contribution in [0.3, 0.4) is 0 Å². The van der Waals surface area contributed by atoms with Crippen molar-refractivity contribution in [2.45, 2.75) is 13.3 Å². The molecule has 4 N–H and O–H groups in total. The van der Waals surface area contributed by atoms with E-state index < -0.39 is 36.2 Å². The van der Waals surface area contributed by atoms with Crippen LogP contribution in [-0.2, 0) is 19.1 Å². The first-order valence-electron chi connectivity index (χ1n) is 5.08. The van der Waals surface area contributed by atoms with Gasteiger partial charge in [0.2, 0.25) is 5.90 Å². The number of hydrogen-bond acceptors (Lipinski definition) is 7. The lowest BCUT2D eigenvalue weighted by molar-refractivity contribution is -0.117. The predicted molar refractivity (Wildman–Crippen MR) is 62.3 cm³/mol. The van der Waals surface area contributed by atoms with Crippen LogP contribution in [0.4, 0.5) is 9.59 Å². The number of imide groups is 1. The number of rotatable bonds is 5. The number of carbonyl (C=O) groups is 4. The number of ether oxygens (including phenoxy) is 2. The van der Waals surface area contributed by atoms with Crippen LogP contribution in [0.15, 0.2) is 12.2 Å². The average Bonchev–Trinajstić information content (AvgIpc) is 2.25. The van der Waals surface area contributed by atoms with Gasteiger partial charge in [0, 0.05) is 6.08 Å². The monoisotopic (exact) mass is 271 g/mol. The third kappa shape index (κ3) is 9.03. The second-order valence-electron chi connectivity index (χ2n) is 3.03. The maximum Gasteiger partial charge on any atom is 0.414 e. The Morgan fingerprint density at radius 2 is 1.89 bits per heavy atom. The lowest BCUT2D eigenvalue weighted by atomic mass is 10.2. The molecule has 104 valence electrons. The zero-order valence-corrected chi connectivity index (χ0v) is 10.1. The highest BCUT2D eigenvalue weighted by atomic mass is 16.6. The number of hydrogen-bond donors (Lipinski definition) is 3. The van der Waals surface area contributed by atoms with Crippen molar-refractivity contribution in [2.75, 3.05) is 6.61 Å². The van der Waals surface area contributed by atoms with Crippen molar-refractivity contribution in [3.05, 3.63) is 12.2 Å². The highest BCUT2D eigenvalue weighted by Crippen LogP contribution is 1.91. The number of nitrogens with two attached hydrogens (primary N) is 1. The van der Waals surface area contributed by atoms with E-state index in [1.54, 1.807) is 6.92 Å². The van der Waals surface area contributed by atoms with Crippen molar-refractivity contribution >= 4 is 29.8 Å². The first kappa shape index (κ1) is 16.3. The van der Waals surface area contributed by atoms with Crippen LogP contribution in [0.5, 0.6) is 0 Å². The summed E-state index contributed by atoms with van der Waals surface area (Å²) >= 11 is 0. The van der Waals surface area contributed by atoms with Gasteiger partial charge in [-0.25, -0.2) is 9.59 Å². The molecule has 0 bridgehead atoms. The summed E-state index contributed by atoms with van der Waals surface area (Å²) in [7, 11) is 0. The first-order chi connectivity index (χ1) is 8.85. The van der Waals surface area contributed by atoms with E-state index in [2.05, 4.69) is 15.2 Å². The number of allylic oxidation sites excluding steroid dienone is 1. The van der Waals surface area contributed by atoms with Gasteiger partial charge in [-0.2, -0.15) is 0 Å². The zero-order valence-electron chi connectivity index (χ0n) is 10.1. The van der Waals surface area contributed by atoms with Gasteiger partial charge in [-0.1, -0.05) is 0 Å². The molecule has 9 heteroatoms. The largest absolute Gasteiger partial charge is 0.450 e. The molecule has 0 aliphatic heterocycles. The molecule has 19 heavy (non-hydrogen) atoms.